The van der Waals surface area contributed by atoms with Gasteiger partial charge in [-0.1, -0.05) is 42.5 Å². The summed E-state index contributed by atoms with van der Waals surface area (Å²) in [6.45, 7) is 8.44. The largest absolute Gasteiger partial charge is 0.372 e. The number of carbonyl (C=O) groups excluding carboxylic acids is 1. The first-order chi connectivity index (χ1) is 16.2. The summed E-state index contributed by atoms with van der Waals surface area (Å²) in [5.41, 5.74) is 3.34. The molecule has 0 bridgehead atoms. The standard InChI is InChI=1S/C27H33N5O/c1-3-31(4-2)24-14-12-21(13-15-24)19-29-27(33)23-11-8-18-32(20-23)25-16-17-28-26(30-25)22-9-6-5-7-10-22/h5-7,9-10,12-17,23H,3-4,8,11,18-20H2,1-2H3,(H,29,33)/t23-/m0/s1. The van der Waals surface area contributed by atoms with Crippen molar-refractivity contribution in [2.45, 2.75) is 33.2 Å². The Hall–Kier alpha value is -3.41. The zero-order valence-corrected chi connectivity index (χ0v) is 19.6. The highest BCUT2D eigenvalue weighted by Gasteiger charge is 2.26. The molecule has 1 fully saturated rings. The molecule has 6 nitrogen and oxygen atoms in total. The van der Waals surface area contributed by atoms with Crippen LogP contribution in [0.2, 0.25) is 0 Å². The smallest absolute Gasteiger partial charge is 0.225 e. The molecular formula is C27H33N5O. The molecule has 0 aliphatic carbocycles. The summed E-state index contributed by atoms with van der Waals surface area (Å²) in [7, 11) is 0. The van der Waals surface area contributed by atoms with Crippen molar-refractivity contribution in [3.63, 3.8) is 0 Å². The van der Waals surface area contributed by atoms with Gasteiger partial charge in [0.1, 0.15) is 5.82 Å². The monoisotopic (exact) mass is 443 g/mol. The molecule has 1 aromatic heterocycles. The quantitative estimate of drug-likeness (QED) is 0.555. The van der Waals surface area contributed by atoms with Crippen LogP contribution < -0.4 is 15.1 Å². The van der Waals surface area contributed by atoms with Gasteiger partial charge in [0.15, 0.2) is 5.82 Å². The fourth-order valence-electron chi connectivity index (χ4n) is 4.40. The molecule has 33 heavy (non-hydrogen) atoms. The van der Waals surface area contributed by atoms with Crippen molar-refractivity contribution >= 4 is 17.4 Å². The first-order valence-corrected chi connectivity index (χ1v) is 11.9. The Bertz CT molecular complexity index is 1030. The second-order valence-corrected chi connectivity index (χ2v) is 8.45. The van der Waals surface area contributed by atoms with Crippen LogP contribution in [-0.4, -0.2) is 42.1 Å². The van der Waals surface area contributed by atoms with Gasteiger partial charge in [0.2, 0.25) is 5.91 Å². The molecule has 1 saturated heterocycles. The van der Waals surface area contributed by atoms with E-state index in [1.54, 1.807) is 6.20 Å². The van der Waals surface area contributed by atoms with E-state index in [1.165, 1.54) is 5.69 Å². The van der Waals surface area contributed by atoms with Gasteiger partial charge in [-0.3, -0.25) is 4.79 Å². The van der Waals surface area contributed by atoms with Crippen LogP contribution in [-0.2, 0) is 11.3 Å². The maximum atomic E-state index is 12.9. The fraction of sp³-hybridized carbons (Fsp3) is 0.370. The molecule has 0 unspecified atom stereocenters. The van der Waals surface area contributed by atoms with Crippen LogP contribution in [0.25, 0.3) is 11.4 Å². The van der Waals surface area contributed by atoms with Gasteiger partial charge in [-0.05, 0) is 50.5 Å². The molecule has 4 rings (SSSR count). The molecule has 172 valence electrons. The predicted octanol–water partition coefficient (Wildman–Crippen LogP) is 4.52. The van der Waals surface area contributed by atoms with Gasteiger partial charge in [0, 0.05) is 50.2 Å². The van der Waals surface area contributed by atoms with Gasteiger partial charge in [-0.15, -0.1) is 0 Å². The number of piperidine rings is 1. The van der Waals surface area contributed by atoms with Crippen LogP contribution in [0.4, 0.5) is 11.5 Å². The molecule has 2 aromatic carbocycles. The predicted molar refractivity (Wildman–Crippen MR) is 134 cm³/mol. The number of benzene rings is 2. The van der Waals surface area contributed by atoms with Crippen LogP contribution >= 0.6 is 0 Å². The third kappa shape index (κ3) is 5.69. The number of carbonyl (C=O) groups is 1. The summed E-state index contributed by atoms with van der Waals surface area (Å²) in [6, 6.07) is 20.4. The van der Waals surface area contributed by atoms with Crippen LogP contribution in [0.3, 0.4) is 0 Å². The zero-order valence-electron chi connectivity index (χ0n) is 19.6. The molecule has 1 aliphatic heterocycles. The highest BCUT2D eigenvalue weighted by Crippen LogP contribution is 2.24. The molecule has 0 radical (unpaired) electrons. The Kier molecular flexibility index (Phi) is 7.55. The Morgan fingerprint density at radius 2 is 1.82 bits per heavy atom. The lowest BCUT2D eigenvalue weighted by Crippen LogP contribution is -2.43. The van der Waals surface area contributed by atoms with Gasteiger partial charge >= 0.3 is 0 Å². The second-order valence-electron chi connectivity index (χ2n) is 8.45. The van der Waals surface area contributed by atoms with E-state index in [2.05, 4.69) is 58.2 Å². The summed E-state index contributed by atoms with van der Waals surface area (Å²) in [6.07, 6.45) is 3.68. The topological polar surface area (TPSA) is 61.4 Å². The summed E-state index contributed by atoms with van der Waals surface area (Å²) in [5.74, 6) is 1.68. The number of hydrogen-bond donors (Lipinski definition) is 1. The lowest BCUT2D eigenvalue weighted by atomic mass is 9.97. The van der Waals surface area contributed by atoms with Gasteiger partial charge < -0.3 is 15.1 Å². The third-order valence-electron chi connectivity index (χ3n) is 6.32. The molecule has 1 amide bonds. The summed E-state index contributed by atoms with van der Waals surface area (Å²) in [4.78, 5) is 26.6. The van der Waals surface area contributed by atoms with Gasteiger partial charge in [0.05, 0.1) is 5.92 Å². The van der Waals surface area contributed by atoms with Crippen molar-refractivity contribution in [2.24, 2.45) is 5.92 Å². The first kappa shape index (κ1) is 22.8. The van der Waals surface area contributed by atoms with E-state index in [0.29, 0.717) is 18.9 Å². The molecule has 1 N–H and O–H groups in total. The molecule has 0 saturated carbocycles. The lowest BCUT2D eigenvalue weighted by molar-refractivity contribution is -0.125. The van der Waals surface area contributed by atoms with Crippen molar-refractivity contribution in [1.29, 1.82) is 0 Å². The maximum Gasteiger partial charge on any atom is 0.225 e. The van der Waals surface area contributed by atoms with Crippen molar-refractivity contribution in [2.75, 3.05) is 36.0 Å². The van der Waals surface area contributed by atoms with Gasteiger partial charge in [-0.2, -0.15) is 0 Å². The average Bonchev–Trinajstić information content (AvgIpc) is 2.89. The Balaban J connectivity index is 1.35. The lowest BCUT2D eigenvalue weighted by Gasteiger charge is -2.33. The third-order valence-corrected chi connectivity index (χ3v) is 6.32. The SMILES string of the molecule is CCN(CC)c1ccc(CNC(=O)[C@H]2CCCN(c3ccnc(-c4ccccc4)n3)C2)cc1. The molecule has 0 spiro atoms. The van der Waals surface area contributed by atoms with E-state index in [1.807, 2.05) is 36.4 Å². The second kappa shape index (κ2) is 10.9. The Morgan fingerprint density at radius 1 is 1.06 bits per heavy atom. The minimum atomic E-state index is -0.0381. The van der Waals surface area contributed by atoms with Crippen LogP contribution in [0.15, 0.2) is 66.9 Å². The number of aromatic nitrogens is 2. The van der Waals surface area contributed by atoms with E-state index in [9.17, 15) is 4.79 Å². The number of amides is 1. The molecule has 2 heterocycles. The highest BCUT2D eigenvalue weighted by atomic mass is 16.1. The van der Waals surface area contributed by atoms with Crippen molar-refractivity contribution in [3.8, 4) is 11.4 Å². The number of anilines is 2. The van der Waals surface area contributed by atoms with E-state index < -0.39 is 0 Å². The van der Waals surface area contributed by atoms with Gasteiger partial charge in [0.25, 0.3) is 0 Å². The van der Waals surface area contributed by atoms with Crippen LogP contribution in [0.1, 0.15) is 32.3 Å². The number of rotatable bonds is 8. The molecule has 3 aromatic rings. The van der Waals surface area contributed by atoms with E-state index in [4.69, 9.17) is 4.98 Å². The number of nitrogens with zero attached hydrogens (tertiary/aromatic N) is 4. The van der Waals surface area contributed by atoms with E-state index >= 15 is 0 Å². The molecular weight excluding hydrogens is 410 g/mol. The number of nitrogens with one attached hydrogen (secondary N) is 1. The van der Waals surface area contributed by atoms with Crippen LogP contribution in [0.5, 0.6) is 0 Å². The zero-order chi connectivity index (χ0) is 23.0. The van der Waals surface area contributed by atoms with Crippen LogP contribution in [0, 0.1) is 5.92 Å². The Morgan fingerprint density at radius 3 is 2.55 bits per heavy atom. The van der Waals surface area contributed by atoms with E-state index in [0.717, 1.165) is 49.4 Å². The maximum absolute atomic E-state index is 12.9. The Labute approximate surface area is 196 Å². The van der Waals surface area contributed by atoms with Gasteiger partial charge in [-0.25, -0.2) is 9.97 Å². The fourth-order valence-corrected chi connectivity index (χ4v) is 4.40. The summed E-state index contributed by atoms with van der Waals surface area (Å²) < 4.78 is 0. The highest BCUT2D eigenvalue weighted by molar-refractivity contribution is 5.79. The molecule has 1 aliphatic rings. The number of hydrogen-bond acceptors (Lipinski definition) is 5. The first-order valence-electron chi connectivity index (χ1n) is 11.9. The normalized spacial score (nSPS) is 15.8. The summed E-state index contributed by atoms with van der Waals surface area (Å²) >= 11 is 0. The van der Waals surface area contributed by atoms with E-state index in [-0.39, 0.29) is 11.8 Å². The van der Waals surface area contributed by atoms with Crippen molar-refractivity contribution in [1.82, 2.24) is 15.3 Å². The minimum absolute atomic E-state index is 0.0381. The average molecular weight is 444 g/mol. The molecule has 1 atom stereocenters. The van der Waals surface area contributed by atoms with Crippen molar-refractivity contribution < 1.29 is 4.79 Å². The van der Waals surface area contributed by atoms with Crippen molar-refractivity contribution in [3.05, 3.63) is 72.4 Å². The summed E-state index contributed by atoms with van der Waals surface area (Å²) in [5, 5.41) is 3.14. The minimum Gasteiger partial charge on any atom is -0.372 e. The molecule has 6 heteroatoms.